The van der Waals surface area contributed by atoms with Gasteiger partial charge in [0.1, 0.15) is 6.61 Å². The topological polar surface area (TPSA) is 70.1 Å². The number of likely N-dealkylation sites (N-methyl/N-ethyl adjacent to an activating group) is 1. The summed E-state index contributed by atoms with van der Waals surface area (Å²) in [4.78, 5) is 25.1. The molecule has 0 spiro atoms. The van der Waals surface area contributed by atoms with Gasteiger partial charge in [0.15, 0.2) is 0 Å². The summed E-state index contributed by atoms with van der Waals surface area (Å²) < 4.78 is 5.08. The maximum absolute atomic E-state index is 11.4. The summed E-state index contributed by atoms with van der Waals surface area (Å²) in [6.45, 7) is 10.5. The molecule has 0 fully saturated rings. The lowest BCUT2D eigenvalue weighted by Gasteiger charge is -2.12. The van der Waals surface area contributed by atoms with E-state index in [2.05, 4.69) is 18.1 Å². The van der Waals surface area contributed by atoms with Crippen molar-refractivity contribution in [1.82, 2.24) is 9.80 Å². The van der Waals surface area contributed by atoms with Crippen LogP contribution in [0.25, 0.3) is 0 Å². The van der Waals surface area contributed by atoms with Crippen molar-refractivity contribution in [3.05, 3.63) is 24.3 Å². The molecule has 0 aromatic heterocycles. The monoisotopic (exact) mass is 314 g/mol. The summed E-state index contributed by atoms with van der Waals surface area (Å²) >= 11 is 0. The van der Waals surface area contributed by atoms with Crippen LogP contribution in [0.15, 0.2) is 24.3 Å². The van der Waals surface area contributed by atoms with Gasteiger partial charge in [-0.3, -0.25) is 0 Å². The summed E-state index contributed by atoms with van der Waals surface area (Å²) in [6, 6.07) is 0. The number of esters is 1. The number of ether oxygens (including phenoxy) is 1. The van der Waals surface area contributed by atoms with Crippen LogP contribution in [0, 0.1) is 0 Å². The van der Waals surface area contributed by atoms with E-state index in [1.165, 1.54) is 6.92 Å². The fourth-order valence-electron chi connectivity index (χ4n) is 1.13. The third kappa shape index (κ3) is 16.4. The third-order valence-electron chi connectivity index (χ3n) is 2.51. The smallest absolute Gasteiger partial charge is 0.333 e. The molecule has 0 aliphatic rings. The number of nitrogens with zero attached hydrogens (tertiary/aromatic N) is 2. The molecule has 0 unspecified atom stereocenters. The van der Waals surface area contributed by atoms with Crippen molar-refractivity contribution in [1.29, 1.82) is 0 Å². The van der Waals surface area contributed by atoms with Crippen LogP contribution in [0.2, 0.25) is 0 Å². The third-order valence-corrected chi connectivity index (χ3v) is 2.51. The molecule has 0 atom stereocenters. The van der Waals surface area contributed by atoms with E-state index in [1.807, 2.05) is 33.1 Å². The normalized spacial score (nSPS) is 9.95. The molecule has 0 amide bonds. The standard InChI is InChI=1S/C12H24N2O2.C4H6O2/c1-11(7-6-8-13(2)3)12(15)16-10-9-14(4)5;1-3(2)4(5)6/h1,6-10H2,2-5H3;1H2,2H3,(H,5,6). The van der Waals surface area contributed by atoms with E-state index >= 15 is 0 Å². The number of hydrogen-bond donors (Lipinski definition) is 1. The molecule has 6 nitrogen and oxygen atoms in total. The predicted octanol–water partition coefficient (Wildman–Crippen LogP) is 1.64. The number of carboxylic acid groups (broad SMARTS) is 1. The molecule has 0 heterocycles. The van der Waals surface area contributed by atoms with Gasteiger partial charge in [0.25, 0.3) is 0 Å². The molecule has 0 saturated carbocycles. The molecule has 0 aliphatic heterocycles. The van der Waals surface area contributed by atoms with Crippen molar-refractivity contribution >= 4 is 11.9 Å². The van der Waals surface area contributed by atoms with E-state index in [-0.39, 0.29) is 11.5 Å². The highest BCUT2D eigenvalue weighted by Crippen LogP contribution is 2.05. The van der Waals surface area contributed by atoms with Crippen molar-refractivity contribution in [2.45, 2.75) is 19.8 Å². The van der Waals surface area contributed by atoms with E-state index < -0.39 is 5.97 Å². The first-order valence-corrected chi connectivity index (χ1v) is 7.11. The van der Waals surface area contributed by atoms with Crippen molar-refractivity contribution in [3.63, 3.8) is 0 Å². The number of rotatable bonds is 9. The molecule has 0 aromatic rings. The highest BCUT2D eigenvalue weighted by Gasteiger charge is 2.08. The SMILES string of the molecule is C=C(C)C(=O)O.C=C(CCCN(C)C)C(=O)OCCN(C)C. The quantitative estimate of drug-likeness (QED) is 0.515. The van der Waals surface area contributed by atoms with Crippen LogP contribution in [0.4, 0.5) is 0 Å². The van der Waals surface area contributed by atoms with E-state index in [1.54, 1.807) is 0 Å². The van der Waals surface area contributed by atoms with Gasteiger partial charge in [-0.15, -0.1) is 0 Å². The van der Waals surface area contributed by atoms with Gasteiger partial charge in [0, 0.05) is 17.7 Å². The largest absolute Gasteiger partial charge is 0.478 e. The molecule has 1 N–H and O–H groups in total. The van der Waals surface area contributed by atoms with Crippen LogP contribution in [0.1, 0.15) is 19.8 Å². The van der Waals surface area contributed by atoms with Gasteiger partial charge in [-0.25, -0.2) is 9.59 Å². The Hall–Kier alpha value is -1.66. The zero-order valence-corrected chi connectivity index (χ0v) is 14.5. The Bertz CT molecular complexity index is 340. The molecule has 0 rings (SSSR count). The number of carbonyl (C=O) groups is 2. The van der Waals surface area contributed by atoms with Gasteiger partial charge in [0.2, 0.25) is 0 Å². The first kappa shape index (κ1) is 22.6. The first-order valence-electron chi connectivity index (χ1n) is 7.11. The molecule has 22 heavy (non-hydrogen) atoms. The van der Waals surface area contributed by atoms with Crippen LogP contribution in [0.3, 0.4) is 0 Å². The van der Waals surface area contributed by atoms with Gasteiger partial charge in [-0.05, 0) is 54.5 Å². The lowest BCUT2D eigenvalue weighted by atomic mass is 10.1. The zero-order valence-electron chi connectivity index (χ0n) is 14.5. The van der Waals surface area contributed by atoms with E-state index in [4.69, 9.17) is 9.84 Å². The lowest BCUT2D eigenvalue weighted by molar-refractivity contribution is -0.139. The Morgan fingerprint density at radius 3 is 1.86 bits per heavy atom. The molecule has 0 radical (unpaired) electrons. The zero-order chi connectivity index (χ0) is 17.7. The van der Waals surface area contributed by atoms with E-state index in [0.717, 1.165) is 19.5 Å². The number of hydrogen-bond acceptors (Lipinski definition) is 5. The summed E-state index contributed by atoms with van der Waals surface area (Å²) in [5, 5.41) is 7.89. The molecule has 0 saturated heterocycles. The van der Waals surface area contributed by atoms with Crippen molar-refractivity contribution in [2.75, 3.05) is 47.9 Å². The Labute approximate surface area is 134 Å². The predicted molar refractivity (Wildman–Crippen MR) is 88.9 cm³/mol. The molecule has 128 valence electrons. The number of carboxylic acids is 1. The van der Waals surface area contributed by atoms with Gasteiger partial charge in [-0.2, -0.15) is 0 Å². The second-order valence-corrected chi connectivity index (χ2v) is 5.54. The van der Waals surface area contributed by atoms with Crippen LogP contribution in [0.5, 0.6) is 0 Å². The Balaban J connectivity index is 0. The van der Waals surface area contributed by atoms with Gasteiger partial charge in [-0.1, -0.05) is 13.2 Å². The molecule has 0 aromatic carbocycles. The minimum absolute atomic E-state index is 0.176. The van der Waals surface area contributed by atoms with Crippen LogP contribution >= 0.6 is 0 Å². The van der Waals surface area contributed by atoms with Crippen molar-refractivity contribution in [3.8, 4) is 0 Å². The highest BCUT2D eigenvalue weighted by molar-refractivity contribution is 5.87. The highest BCUT2D eigenvalue weighted by atomic mass is 16.5. The first-order chi connectivity index (χ1) is 10.1. The van der Waals surface area contributed by atoms with Crippen LogP contribution in [-0.4, -0.2) is 74.7 Å². The maximum atomic E-state index is 11.4. The van der Waals surface area contributed by atoms with Gasteiger partial charge < -0.3 is 19.6 Å². The van der Waals surface area contributed by atoms with E-state index in [0.29, 0.717) is 18.6 Å². The summed E-state index contributed by atoms with van der Waals surface area (Å²) in [5.41, 5.74) is 0.746. The summed E-state index contributed by atoms with van der Waals surface area (Å²) in [6.07, 6.45) is 1.65. The molecular weight excluding hydrogens is 284 g/mol. The fourth-order valence-corrected chi connectivity index (χ4v) is 1.13. The van der Waals surface area contributed by atoms with Crippen molar-refractivity contribution < 1.29 is 19.4 Å². The minimum Gasteiger partial charge on any atom is -0.478 e. The van der Waals surface area contributed by atoms with E-state index in [9.17, 15) is 9.59 Å². The summed E-state index contributed by atoms with van der Waals surface area (Å²) in [7, 11) is 7.91. The second-order valence-electron chi connectivity index (χ2n) is 5.54. The fraction of sp³-hybridized carbons (Fsp3) is 0.625. The van der Waals surface area contributed by atoms with Crippen LogP contribution < -0.4 is 0 Å². The minimum atomic E-state index is -0.935. The molecule has 0 bridgehead atoms. The second kappa shape index (κ2) is 13.0. The van der Waals surface area contributed by atoms with Gasteiger partial charge >= 0.3 is 11.9 Å². The Morgan fingerprint density at radius 1 is 1.05 bits per heavy atom. The van der Waals surface area contributed by atoms with Gasteiger partial charge in [0.05, 0.1) is 0 Å². The average Bonchev–Trinajstić information content (AvgIpc) is 2.38. The molecular formula is C16H30N2O4. The molecule has 0 aliphatic carbocycles. The average molecular weight is 314 g/mol. The number of carbonyl (C=O) groups excluding carboxylic acids is 1. The molecule has 6 heteroatoms. The Morgan fingerprint density at radius 2 is 1.50 bits per heavy atom. The summed E-state index contributed by atoms with van der Waals surface area (Å²) in [5.74, 6) is -1.20. The van der Waals surface area contributed by atoms with Crippen molar-refractivity contribution in [2.24, 2.45) is 0 Å². The Kier molecular flexibility index (Phi) is 13.4. The van der Waals surface area contributed by atoms with Crippen LogP contribution in [-0.2, 0) is 14.3 Å². The number of aliphatic carboxylic acids is 1. The lowest BCUT2D eigenvalue weighted by Crippen LogP contribution is -2.21. The maximum Gasteiger partial charge on any atom is 0.333 e.